The maximum Gasteiger partial charge on any atom is 0.343 e. The smallest absolute Gasteiger partial charge is 0.343 e. The van der Waals surface area contributed by atoms with Crippen molar-refractivity contribution < 1.29 is 14.7 Å². The van der Waals surface area contributed by atoms with Gasteiger partial charge < -0.3 is 14.9 Å². The number of halogens is 2. The van der Waals surface area contributed by atoms with E-state index < -0.39 is 11.8 Å². The summed E-state index contributed by atoms with van der Waals surface area (Å²) in [7, 11) is 3.04. The monoisotopic (exact) mass is 441 g/mol. The summed E-state index contributed by atoms with van der Waals surface area (Å²) in [6.45, 7) is -0.183. The van der Waals surface area contributed by atoms with Crippen molar-refractivity contribution in [3.8, 4) is 0 Å². The third-order valence-corrected chi connectivity index (χ3v) is 4.43. The maximum atomic E-state index is 12.2. The molecule has 1 aromatic heterocycles. The van der Waals surface area contributed by atoms with Crippen molar-refractivity contribution in [3.63, 3.8) is 0 Å². The second-order valence-electron chi connectivity index (χ2n) is 6.47. The molecule has 0 saturated heterocycles. The number of aliphatic hydroxyl groups is 1. The fourth-order valence-corrected chi connectivity index (χ4v) is 3.04. The summed E-state index contributed by atoms with van der Waals surface area (Å²) in [4.78, 5) is 38.3. The van der Waals surface area contributed by atoms with Crippen LogP contribution in [0.4, 0.5) is 0 Å². The standard InChI is InChI=1S/C18H21Cl2N5O4/c1-23(16(27)4-3-12-5-13(19)7-14(20)6-12)8-15(26)9-24(2)17(28)10-25-11-21-22-18(25)29/h3-7,11,15,26H,8-10H2,1-2H3,(H,22,29)/b4-3+. The Hall–Kier alpha value is -2.62. The summed E-state index contributed by atoms with van der Waals surface area (Å²) >= 11 is 11.8. The fraction of sp³-hybridized carbons (Fsp3) is 0.333. The lowest BCUT2D eigenvalue weighted by molar-refractivity contribution is -0.132. The lowest BCUT2D eigenvalue weighted by atomic mass is 10.2. The number of aliphatic hydroxyl groups excluding tert-OH is 1. The molecule has 29 heavy (non-hydrogen) atoms. The molecule has 2 aromatic rings. The van der Waals surface area contributed by atoms with Crippen LogP contribution in [0.15, 0.2) is 35.4 Å². The normalized spacial score (nSPS) is 12.2. The summed E-state index contributed by atoms with van der Waals surface area (Å²) in [5, 5.41) is 16.8. The first-order chi connectivity index (χ1) is 13.7. The fourth-order valence-electron chi connectivity index (χ4n) is 2.50. The predicted octanol–water partition coefficient (Wildman–Crippen LogP) is 0.869. The van der Waals surface area contributed by atoms with E-state index in [1.807, 2.05) is 0 Å². The first-order valence-corrected chi connectivity index (χ1v) is 9.32. The molecule has 2 rings (SSSR count). The average molecular weight is 442 g/mol. The van der Waals surface area contributed by atoms with Gasteiger partial charge in [0.2, 0.25) is 11.8 Å². The van der Waals surface area contributed by atoms with E-state index in [-0.39, 0.29) is 31.4 Å². The summed E-state index contributed by atoms with van der Waals surface area (Å²) < 4.78 is 1.12. The van der Waals surface area contributed by atoms with Gasteiger partial charge in [0.15, 0.2) is 0 Å². The summed E-state index contributed by atoms with van der Waals surface area (Å²) in [5.74, 6) is -0.710. The number of hydrogen-bond donors (Lipinski definition) is 2. The van der Waals surface area contributed by atoms with E-state index in [9.17, 15) is 19.5 Å². The third kappa shape index (κ3) is 7.04. The number of aromatic nitrogens is 3. The van der Waals surface area contributed by atoms with Crippen molar-refractivity contribution in [2.45, 2.75) is 12.6 Å². The Morgan fingerprint density at radius 2 is 1.83 bits per heavy atom. The number of nitrogens with zero attached hydrogens (tertiary/aromatic N) is 4. The molecule has 1 aromatic carbocycles. The number of likely N-dealkylation sites (N-methyl/N-ethyl adjacent to an activating group) is 2. The van der Waals surface area contributed by atoms with Crippen molar-refractivity contribution in [1.29, 1.82) is 0 Å². The number of rotatable bonds is 8. The van der Waals surface area contributed by atoms with Gasteiger partial charge in [0.1, 0.15) is 12.9 Å². The van der Waals surface area contributed by atoms with Gasteiger partial charge in [-0.1, -0.05) is 23.2 Å². The minimum absolute atomic E-state index is 0.00330. The Morgan fingerprint density at radius 3 is 2.41 bits per heavy atom. The zero-order chi connectivity index (χ0) is 21.6. The lowest BCUT2D eigenvalue weighted by Crippen LogP contribution is -2.42. The van der Waals surface area contributed by atoms with Crippen molar-refractivity contribution in [2.24, 2.45) is 0 Å². The van der Waals surface area contributed by atoms with Crippen molar-refractivity contribution in [3.05, 3.63) is 56.7 Å². The SMILES string of the molecule is CN(CC(O)CN(C)C(=O)Cn1cn[nH]c1=O)C(=O)/C=C/c1cc(Cl)cc(Cl)c1. The number of amides is 2. The van der Waals surface area contributed by atoms with Crippen LogP contribution in [0.2, 0.25) is 10.0 Å². The molecular weight excluding hydrogens is 421 g/mol. The Bertz CT molecular complexity index is 935. The maximum absolute atomic E-state index is 12.2. The van der Waals surface area contributed by atoms with Crippen molar-refractivity contribution >= 4 is 41.1 Å². The van der Waals surface area contributed by atoms with E-state index >= 15 is 0 Å². The van der Waals surface area contributed by atoms with Gasteiger partial charge >= 0.3 is 5.69 Å². The van der Waals surface area contributed by atoms with Gasteiger partial charge in [-0.3, -0.25) is 14.2 Å². The highest BCUT2D eigenvalue weighted by molar-refractivity contribution is 6.34. The Kier molecular flexibility index (Phi) is 8.00. The lowest BCUT2D eigenvalue weighted by Gasteiger charge is -2.24. The van der Waals surface area contributed by atoms with Crippen molar-refractivity contribution in [1.82, 2.24) is 24.6 Å². The zero-order valence-electron chi connectivity index (χ0n) is 15.9. The van der Waals surface area contributed by atoms with E-state index in [0.717, 1.165) is 4.57 Å². The minimum Gasteiger partial charge on any atom is -0.389 e. The predicted molar refractivity (Wildman–Crippen MR) is 110 cm³/mol. The Balaban J connectivity index is 1.85. The minimum atomic E-state index is -0.965. The molecule has 0 aliphatic rings. The van der Waals surface area contributed by atoms with Crippen LogP contribution in [0.25, 0.3) is 6.08 Å². The van der Waals surface area contributed by atoms with Crippen LogP contribution < -0.4 is 5.69 Å². The highest BCUT2D eigenvalue weighted by Crippen LogP contribution is 2.19. The van der Waals surface area contributed by atoms with Crippen LogP contribution in [-0.2, 0) is 16.1 Å². The van der Waals surface area contributed by atoms with E-state index in [2.05, 4.69) is 10.2 Å². The molecule has 0 aliphatic carbocycles. The van der Waals surface area contributed by atoms with Gasteiger partial charge in [0.05, 0.1) is 6.10 Å². The largest absolute Gasteiger partial charge is 0.389 e. The average Bonchev–Trinajstić information content (AvgIpc) is 3.03. The molecule has 0 aliphatic heterocycles. The molecule has 1 unspecified atom stereocenters. The van der Waals surface area contributed by atoms with Crippen LogP contribution in [-0.4, -0.2) is 74.8 Å². The zero-order valence-corrected chi connectivity index (χ0v) is 17.4. The molecule has 2 amide bonds. The first kappa shape index (κ1) is 22.7. The molecule has 1 heterocycles. The molecule has 156 valence electrons. The Labute approximate surface area is 177 Å². The molecule has 0 saturated carbocycles. The van der Waals surface area contributed by atoms with Crippen LogP contribution in [0, 0.1) is 0 Å². The van der Waals surface area contributed by atoms with Crippen LogP contribution in [0.5, 0.6) is 0 Å². The highest BCUT2D eigenvalue weighted by Gasteiger charge is 2.17. The highest BCUT2D eigenvalue weighted by atomic mass is 35.5. The van der Waals surface area contributed by atoms with Crippen LogP contribution in [0.3, 0.4) is 0 Å². The van der Waals surface area contributed by atoms with E-state index in [0.29, 0.717) is 15.6 Å². The molecule has 1 atom stereocenters. The van der Waals surface area contributed by atoms with E-state index in [1.165, 1.54) is 36.3 Å². The molecular formula is C18H21Cl2N5O4. The van der Waals surface area contributed by atoms with Gasteiger partial charge in [0.25, 0.3) is 0 Å². The number of benzene rings is 1. The second-order valence-corrected chi connectivity index (χ2v) is 7.35. The molecule has 11 heteroatoms. The Morgan fingerprint density at radius 1 is 1.21 bits per heavy atom. The van der Waals surface area contributed by atoms with Gasteiger partial charge in [-0.15, -0.1) is 0 Å². The van der Waals surface area contributed by atoms with Crippen LogP contribution >= 0.6 is 23.2 Å². The van der Waals surface area contributed by atoms with E-state index in [1.54, 1.807) is 24.3 Å². The topological polar surface area (TPSA) is 112 Å². The molecule has 0 fully saturated rings. The van der Waals surface area contributed by atoms with Crippen LogP contribution in [0.1, 0.15) is 5.56 Å². The number of hydrogen-bond acceptors (Lipinski definition) is 5. The molecule has 0 bridgehead atoms. The second kappa shape index (κ2) is 10.2. The van der Waals surface area contributed by atoms with E-state index in [4.69, 9.17) is 23.2 Å². The molecule has 9 nitrogen and oxygen atoms in total. The van der Waals surface area contributed by atoms with Gasteiger partial charge in [-0.25, -0.2) is 9.89 Å². The van der Waals surface area contributed by atoms with Crippen molar-refractivity contribution in [2.75, 3.05) is 27.2 Å². The van der Waals surface area contributed by atoms with Gasteiger partial charge in [0, 0.05) is 43.3 Å². The molecule has 2 N–H and O–H groups in total. The number of carbonyl (C=O) groups is 2. The third-order valence-electron chi connectivity index (χ3n) is 4.00. The van der Waals surface area contributed by atoms with Gasteiger partial charge in [-0.2, -0.15) is 5.10 Å². The van der Waals surface area contributed by atoms with Gasteiger partial charge in [-0.05, 0) is 29.8 Å². The summed E-state index contributed by atoms with van der Waals surface area (Å²) in [5.41, 5.74) is 0.176. The molecule has 0 radical (unpaired) electrons. The number of carbonyl (C=O) groups excluding carboxylic acids is 2. The number of H-pyrrole nitrogens is 1. The molecule has 0 spiro atoms. The quantitative estimate of drug-likeness (QED) is 0.590. The first-order valence-electron chi connectivity index (χ1n) is 8.57. The number of aromatic amines is 1. The summed E-state index contributed by atoms with van der Waals surface area (Å²) in [6, 6.07) is 4.92. The summed E-state index contributed by atoms with van der Waals surface area (Å²) in [6.07, 6.45) is 3.17. The number of nitrogens with one attached hydrogen (secondary N) is 1.